The van der Waals surface area contributed by atoms with Crippen molar-refractivity contribution in [3.63, 3.8) is 0 Å². The first-order chi connectivity index (χ1) is 9.92. The molecule has 0 aliphatic carbocycles. The molecule has 0 spiro atoms. The lowest BCUT2D eigenvalue weighted by Crippen LogP contribution is -2.16. The van der Waals surface area contributed by atoms with Gasteiger partial charge in [0.1, 0.15) is 5.00 Å². The number of sulfone groups is 1. The molecular formula is C14H16N2O3S2. The van der Waals surface area contributed by atoms with Crippen molar-refractivity contribution in [3.8, 4) is 0 Å². The summed E-state index contributed by atoms with van der Waals surface area (Å²) in [7, 11) is -3.33. The van der Waals surface area contributed by atoms with Gasteiger partial charge in [-0.1, -0.05) is 25.1 Å². The highest BCUT2D eigenvalue weighted by molar-refractivity contribution is 7.91. The Labute approximate surface area is 128 Å². The SMILES string of the molecule is CCS(=O)(=O)c1ccccc1CC(=O)Nc1cc(C)ns1. The molecule has 1 aromatic heterocycles. The summed E-state index contributed by atoms with van der Waals surface area (Å²) in [5.41, 5.74) is 1.35. The lowest BCUT2D eigenvalue weighted by Gasteiger charge is -2.09. The summed E-state index contributed by atoms with van der Waals surface area (Å²) < 4.78 is 28.1. The summed E-state index contributed by atoms with van der Waals surface area (Å²) in [6, 6.07) is 8.38. The van der Waals surface area contributed by atoms with Crippen molar-refractivity contribution < 1.29 is 13.2 Å². The third-order valence-corrected chi connectivity index (χ3v) is 5.55. The Morgan fingerprint density at radius 2 is 2.05 bits per heavy atom. The van der Waals surface area contributed by atoms with Crippen LogP contribution in [0.15, 0.2) is 35.2 Å². The Bertz CT molecular complexity index is 751. The van der Waals surface area contributed by atoms with Gasteiger partial charge in [-0.3, -0.25) is 4.79 Å². The van der Waals surface area contributed by atoms with Gasteiger partial charge in [0.05, 0.1) is 22.8 Å². The average Bonchev–Trinajstić information content (AvgIpc) is 2.84. The van der Waals surface area contributed by atoms with Crippen molar-refractivity contribution in [2.45, 2.75) is 25.2 Å². The van der Waals surface area contributed by atoms with Crippen LogP contribution >= 0.6 is 11.5 Å². The molecule has 0 aliphatic heterocycles. The molecule has 0 radical (unpaired) electrons. The van der Waals surface area contributed by atoms with Crippen LogP contribution in [0.25, 0.3) is 0 Å². The van der Waals surface area contributed by atoms with E-state index in [1.54, 1.807) is 31.2 Å². The van der Waals surface area contributed by atoms with E-state index in [4.69, 9.17) is 0 Å². The zero-order chi connectivity index (χ0) is 15.5. The van der Waals surface area contributed by atoms with Gasteiger partial charge in [-0.2, -0.15) is 4.37 Å². The van der Waals surface area contributed by atoms with Crippen molar-refractivity contribution in [2.24, 2.45) is 0 Å². The molecule has 0 aliphatic rings. The Hall–Kier alpha value is -1.73. The maximum absolute atomic E-state index is 12.0. The molecule has 1 N–H and O–H groups in total. The Morgan fingerprint density at radius 3 is 2.67 bits per heavy atom. The fraction of sp³-hybridized carbons (Fsp3) is 0.286. The van der Waals surface area contributed by atoms with Gasteiger partial charge in [0.25, 0.3) is 0 Å². The smallest absolute Gasteiger partial charge is 0.229 e. The fourth-order valence-electron chi connectivity index (χ4n) is 1.89. The zero-order valence-electron chi connectivity index (χ0n) is 11.8. The molecule has 1 heterocycles. The normalized spacial score (nSPS) is 11.3. The van der Waals surface area contributed by atoms with Gasteiger partial charge < -0.3 is 5.32 Å². The van der Waals surface area contributed by atoms with E-state index >= 15 is 0 Å². The van der Waals surface area contributed by atoms with Gasteiger partial charge in [0.15, 0.2) is 9.84 Å². The quantitative estimate of drug-likeness (QED) is 0.916. The lowest BCUT2D eigenvalue weighted by atomic mass is 10.1. The number of aryl methyl sites for hydroxylation is 1. The predicted molar refractivity (Wildman–Crippen MR) is 83.4 cm³/mol. The molecule has 0 bridgehead atoms. The Balaban J connectivity index is 2.18. The first-order valence-corrected chi connectivity index (χ1v) is 8.89. The van der Waals surface area contributed by atoms with Crippen LogP contribution in [0.1, 0.15) is 18.2 Å². The van der Waals surface area contributed by atoms with Gasteiger partial charge in [-0.15, -0.1) is 0 Å². The van der Waals surface area contributed by atoms with Crippen molar-refractivity contribution in [1.82, 2.24) is 4.37 Å². The highest BCUT2D eigenvalue weighted by Crippen LogP contribution is 2.19. The summed E-state index contributed by atoms with van der Waals surface area (Å²) in [4.78, 5) is 12.3. The Morgan fingerprint density at radius 1 is 1.33 bits per heavy atom. The fourth-order valence-corrected chi connectivity index (χ4v) is 3.70. The number of nitrogens with zero attached hydrogens (tertiary/aromatic N) is 1. The molecule has 112 valence electrons. The summed E-state index contributed by atoms with van der Waals surface area (Å²) in [5, 5.41) is 3.39. The van der Waals surface area contributed by atoms with Gasteiger partial charge in [-0.25, -0.2) is 8.42 Å². The molecule has 5 nitrogen and oxygen atoms in total. The van der Waals surface area contributed by atoms with E-state index in [9.17, 15) is 13.2 Å². The van der Waals surface area contributed by atoms with Crippen molar-refractivity contribution >= 4 is 32.3 Å². The van der Waals surface area contributed by atoms with Crippen molar-refractivity contribution in [3.05, 3.63) is 41.6 Å². The van der Waals surface area contributed by atoms with Crippen LogP contribution in [0, 0.1) is 6.92 Å². The number of benzene rings is 1. The van der Waals surface area contributed by atoms with E-state index in [0.717, 1.165) is 5.69 Å². The maximum atomic E-state index is 12.0. The van der Waals surface area contributed by atoms with Crippen LogP contribution in [-0.4, -0.2) is 24.5 Å². The third kappa shape index (κ3) is 3.89. The average molecular weight is 324 g/mol. The standard InChI is InChI=1S/C14H16N2O3S2/c1-3-21(18,19)12-7-5-4-6-11(12)9-13(17)15-14-8-10(2)16-20-14/h4-8H,3,9H2,1-2H3,(H,15,17). The first-order valence-electron chi connectivity index (χ1n) is 6.46. The number of carbonyl (C=O) groups is 1. The molecule has 1 aromatic carbocycles. The van der Waals surface area contributed by atoms with Crippen molar-refractivity contribution in [1.29, 1.82) is 0 Å². The molecule has 7 heteroatoms. The van der Waals surface area contributed by atoms with Crippen LogP contribution in [0.2, 0.25) is 0 Å². The van der Waals surface area contributed by atoms with Crippen LogP contribution in [-0.2, 0) is 21.1 Å². The summed E-state index contributed by atoms with van der Waals surface area (Å²) in [6.07, 6.45) is 0.0202. The molecule has 2 aromatic rings. The number of hydrogen-bond acceptors (Lipinski definition) is 5. The second-order valence-corrected chi connectivity index (χ2v) is 7.62. The predicted octanol–water partition coefficient (Wildman–Crippen LogP) is 2.43. The molecule has 21 heavy (non-hydrogen) atoms. The van der Waals surface area contributed by atoms with Gasteiger partial charge >= 0.3 is 0 Å². The van der Waals surface area contributed by atoms with E-state index < -0.39 is 9.84 Å². The topological polar surface area (TPSA) is 76.1 Å². The summed E-state index contributed by atoms with van der Waals surface area (Å²) >= 11 is 1.20. The molecule has 0 unspecified atom stereocenters. The highest BCUT2D eigenvalue weighted by Gasteiger charge is 2.18. The number of nitrogens with one attached hydrogen (secondary N) is 1. The molecular weight excluding hydrogens is 308 g/mol. The summed E-state index contributed by atoms with van der Waals surface area (Å²) in [5.74, 6) is -0.239. The number of rotatable bonds is 5. The highest BCUT2D eigenvalue weighted by atomic mass is 32.2. The molecule has 0 saturated heterocycles. The first kappa shape index (κ1) is 15.7. The number of anilines is 1. The third-order valence-electron chi connectivity index (χ3n) is 2.93. The number of carbonyl (C=O) groups excluding carboxylic acids is 1. The minimum Gasteiger partial charge on any atom is -0.316 e. The van der Waals surface area contributed by atoms with E-state index in [-0.39, 0.29) is 23.0 Å². The minimum absolute atomic E-state index is 0.0136. The number of hydrogen-bond donors (Lipinski definition) is 1. The second-order valence-electron chi connectivity index (χ2n) is 4.57. The van der Waals surface area contributed by atoms with Crippen molar-refractivity contribution in [2.75, 3.05) is 11.1 Å². The van der Waals surface area contributed by atoms with E-state index in [1.807, 2.05) is 6.92 Å². The molecule has 0 fully saturated rings. The lowest BCUT2D eigenvalue weighted by molar-refractivity contribution is -0.115. The monoisotopic (exact) mass is 324 g/mol. The van der Waals surface area contributed by atoms with E-state index in [0.29, 0.717) is 10.6 Å². The van der Waals surface area contributed by atoms with E-state index in [2.05, 4.69) is 9.69 Å². The number of aromatic nitrogens is 1. The molecule has 1 amide bonds. The zero-order valence-corrected chi connectivity index (χ0v) is 13.4. The minimum atomic E-state index is -3.33. The summed E-state index contributed by atoms with van der Waals surface area (Å²) in [6.45, 7) is 3.43. The Kier molecular flexibility index (Phi) is 4.74. The molecule has 0 atom stereocenters. The maximum Gasteiger partial charge on any atom is 0.229 e. The van der Waals surface area contributed by atoms with Crippen LogP contribution in [0.3, 0.4) is 0 Å². The van der Waals surface area contributed by atoms with Crippen LogP contribution < -0.4 is 5.32 Å². The van der Waals surface area contributed by atoms with Gasteiger partial charge in [-0.05, 0) is 36.2 Å². The van der Waals surface area contributed by atoms with Crippen LogP contribution in [0.4, 0.5) is 5.00 Å². The van der Waals surface area contributed by atoms with E-state index in [1.165, 1.54) is 17.6 Å². The number of amides is 1. The van der Waals surface area contributed by atoms with Crippen LogP contribution in [0.5, 0.6) is 0 Å². The largest absolute Gasteiger partial charge is 0.316 e. The van der Waals surface area contributed by atoms with Gasteiger partial charge in [0, 0.05) is 0 Å². The second kappa shape index (κ2) is 6.36. The molecule has 0 saturated carbocycles. The van der Waals surface area contributed by atoms with Gasteiger partial charge in [0.2, 0.25) is 5.91 Å². The molecule has 2 rings (SSSR count).